The lowest BCUT2D eigenvalue weighted by Crippen LogP contribution is -2.31. The minimum absolute atomic E-state index is 0.0833. The van der Waals surface area contributed by atoms with E-state index < -0.39 is 21.6 Å². The third-order valence-corrected chi connectivity index (χ3v) is 2.79. The van der Waals surface area contributed by atoms with Crippen LogP contribution in [0.2, 0.25) is 0 Å². The summed E-state index contributed by atoms with van der Waals surface area (Å²) >= 11 is 0. The van der Waals surface area contributed by atoms with Gasteiger partial charge in [-0.1, -0.05) is 13.3 Å². The van der Waals surface area contributed by atoms with E-state index in [0.717, 1.165) is 6.42 Å². The van der Waals surface area contributed by atoms with Gasteiger partial charge in [0.25, 0.3) is 10.1 Å². The quantitative estimate of drug-likeness (QED) is 0.541. The van der Waals surface area contributed by atoms with Crippen LogP contribution in [0.5, 0.6) is 0 Å². The van der Waals surface area contributed by atoms with Crippen LogP contribution in [0.4, 0.5) is 0 Å². The fourth-order valence-electron chi connectivity index (χ4n) is 0.983. The highest BCUT2D eigenvalue weighted by Crippen LogP contribution is 2.08. The van der Waals surface area contributed by atoms with Gasteiger partial charge in [-0.05, 0) is 19.3 Å². The predicted molar refractivity (Wildman–Crippen MR) is 49.7 cm³/mol. The number of nitrogens with two attached hydrogens (primary N) is 1. The Kier molecular flexibility index (Phi) is 5.46. The maximum atomic E-state index is 10.5. The second-order valence-corrected chi connectivity index (χ2v) is 4.71. The van der Waals surface area contributed by atoms with Gasteiger partial charge in [0.05, 0.1) is 6.10 Å². The predicted octanol–water partition coefficient (Wildman–Crippen LogP) is 0.100. The van der Waals surface area contributed by atoms with Crippen LogP contribution in [0.25, 0.3) is 0 Å². The van der Waals surface area contributed by atoms with Gasteiger partial charge >= 0.3 is 0 Å². The van der Waals surface area contributed by atoms with E-state index in [2.05, 4.69) is 0 Å². The molecule has 0 saturated carbocycles. The lowest BCUT2D eigenvalue weighted by molar-refractivity contribution is 0.150. The topological polar surface area (TPSA) is 101 Å². The standard InChI is InChI=1S/C7H17NO4S/c1-2-3-6(9)4-5-7(8)13(10,11)12/h6-7,9H,2-5,8H2,1H3,(H,10,11,12)/t6-,7?/m1/s1. The molecule has 0 rings (SSSR count). The number of aliphatic hydroxyl groups excluding tert-OH is 1. The molecule has 0 aromatic rings. The highest BCUT2D eigenvalue weighted by Gasteiger charge is 2.18. The summed E-state index contributed by atoms with van der Waals surface area (Å²) in [6, 6.07) is 0. The monoisotopic (exact) mass is 211 g/mol. The van der Waals surface area contributed by atoms with Crippen molar-refractivity contribution in [1.29, 1.82) is 0 Å². The van der Waals surface area contributed by atoms with Crippen molar-refractivity contribution in [1.82, 2.24) is 0 Å². The Bertz CT molecular complexity index is 227. The number of aliphatic hydroxyl groups is 1. The molecular weight excluding hydrogens is 194 g/mol. The highest BCUT2D eigenvalue weighted by molar-refractivity contribution is 7.86. The Hall–Kier alpha value is -0.170. The van der Waals surface area contributed by atoms with Gasteiger partial charge < -0.3 is 10.8 Å². The van der Waals surface area contributed by atoms with E-state index in [1.165, 1.54) is 0 Å². The maximum absolute atomic E-state index is 10.5. The van der Waals surface area contributed by atoms with Crippen LogP contribution in [0.3, 0.4) is 0 Å². The van der Waals surface area contributed by atoms with Crippen LogP contribution >= 0.6 is 0 Å². The molecule has 2 atom stereocenters. The summed E-state index contributed by atoms with van der Waals surface area (Å²) in [5, 5.41) is 7.95. The van der Waals surface area contributed by atoms with E-state index >= 15 is 0 Å². The van der Waals surface area contributed by atoms with Crippen LogP contribution in [0, 0.1) is 0 Å². The third kappa shape index (κ3) is 5.98. The van der Waals surface area contributed by atoms with Crippen molar-refractivity contribution in [3.8, 4) is 0 Å². The first-order valence-electron chi connectivity index (χ1n) is 4.27. The first-order chi connectivity index (χ1) is 5.88. The summed E-state index contributed by atoms with van der Waals surface area (Å²) in [4.78, 5) is 0. The zero-order valence-corrected chi connectivity index (χ0v) is 8.50. The zero-order valence-electron chi connectivity index (χ0n) is 7.68. The Balaban J connectivity index is 3.77. The summed E-state index contributed by atoms with van der Waals surface area (Å²) in [6.07, 6.45) is 1.31. The van der Waals surface area contributed by atoms with Crippen LogP contribution < -0.4 is 5.73 Å². The molecule has 0 amide bonds. The van der Waals surface area contributed by atoms with E-state index in [9.17, 15) is 13.5 Å². The minimum Gasteiger partial charge on any atom is -0.393 e. The molecule has 13 heavy (non-hydrogen) atoms. The van der Waals surface area contributed by atoms with Crippen LogP contribution in [-0.2, 0) is 10.1 Å². The van der Waals surface area contributed by atoms with Crippen LogP contribution in [0.1, 0.15) is 32.6 Å². The molecule has 4 N–H and O–H groups in total. The molecule has 1 unspecified atom stereocenters. The summed E-state index contributed by atoms with van der Waals surface area (Å²) < 4.78 is 29.4. The first-order valence-corrected chi connectivity index (χ1v) is 5.78. The van der Waals surface area contributed by atoms with Gasteiger partial charge in [0, 0.05) is 0 Å². The molecular formula is C7H17NO4S. The van der Waals surface area contributed by atoms with Crippen LogP contribution in [0.15, 0.2) is 0 Å². The summed E-state index contributed by atoms with van der Waals surface area (Å²) in [7, 11) is -4.15. The third-order valence-electron chi connectivity index (χ3n) is 1.79. The molecule has 5 nitrogen and oxygen atoms in total. The van der Waals surface area contributed by atoms with Crippen molar-refractivity contribution in [2.45, 2.75) is 44.1 Å². The second kappa shape index (κ2) is 5.54. The van der Waals surface area contributed by atoms with Crippen LogP contribution in [-0.4, -0.2) is 29.6 Å². The Morgan fingerprint density at radius 2 is 1.85 bits per heavy atom. The molecule has 0 aromatic carbocycles. The number of hydrogen-bond acceptors (Lipinski definition) is 4. The van der Waals surface area contributed by atoms with Gasteiger partial charge in [-0.3, -0.25) is 4.55 Å². The molecule has 0 aliphatic rings. The van der Waals surface area contributed by atoms with Gasteiger partial charge in [-0.2, -0.15) is 8.42 Å². The molecule has 0 heterocycles. The smallest absolute Gasteiger partial charge is 0.280 e. The second-order valence-electron chi connectivity index (χ2n) is 3.07. The van der Waals surface area contributed by atoms with Gasteiger partial charge in [0.1, 0.15) is 5.37 Å². The maximum Gasteiger partial charge on any atom is 0.280 e. The minimum atomic E-state index is -4.15. The van der Waals surface area contributed by atoms with E-state index in [1.807, 2.05) is 6.92 Å². The Morgan fingerprint density at radius 1 is 1.31 bits per heavy atom. The van der Waals surface area contributed by atoms with Gasteiger partial charge in [0.15, 0.2) is 0 Å². The van der Waals surface area contributed by atoms with Crippen molar-refractivity contribution in [2.75, 3.05) is 0 Å². The molecule has 0 bridgehead atoms. The molecule has 0 aliphatic carbocycles. The van der Waals surface area contributed by atoms with E-state index in [-0.39, 0.29) is 6.42 Å². The Morgan fingerprint density at radius 3 is 2.23 bits per heavy atom. The fourth-order valence-corrected chi connectivity index (χ4v) is 1.42. The van der Waals surface area contributed by atoms with Crippen molar-refractivity contribution in [3.63, 3.8) is 0 Å². The lowest BCUT2D eigenvalue weighted by atomic mass is 10.1. The molecule has 0 aliphatic heterocycles. The highest BCUT2D eigenvalue weighted by atomic mass is 32.2. The lowest BCUT2D eigenvalue weighted by Gasteiger charge is -2.11. The summed E-state index contributed by atoms with van der Waals surface area (Å²) in [5.41, 5.74) is 5.15. The molecule has 0 spiro atoms. The van der Waals surface area contributed by atoms with Gasteiger partial charge in [0.2, 0.25) is 0 Å². The first kappa shape index (κ1) is 12.8. The molecule has 0 saturated heterocycles. The van der Waals surface area contributed by atoms with Gasteiger partial charge in [-0.25, -0.2) is 0 Å². The molecule has 0 aromatic heterocycles. The summed E-state index contributed by atoms with van der Waals surface area (Å²) in [5.74, 6) is 0. The van der Waals surface area contributed by atoms with Gasteiger partial charge in [-0.15, -0.1) is 0 Å². The van der Waals surface area contributed by atoms with E-state index in [4.69, 9.17) is 10.3 Å². The molecule has 80 valence electrons. The van der Waals surface area contributed by atoms with E-state index in [0.29, 0.717) is 12.8 Å². The number of hydrogen-bond donors (Lipinski definition) is 3. The van der Waals surface area contributed by atoms with Crippen molar-refractivity contribution in [3.05, 3.63) is 0 Å². The molecule has 6 heteroatoms. The Labute approximate surface area is 78.7 Å². The molecule has 0 fully saturated rings. The molecule has 0 radical (unpaired) electrons. The normalized spacial score (nSPS) is 16.9. The summed E-state index contributed by atoms with van der Waals surface area (Å²) in [6.45, 7) is 1.92. The van der Waals surface area contributed by atoms with E-state index in [1.54, 1.807) is 0 Å². The SMILES string of the molecule is CCC[C@@H](O)CCC(N)S(=O)(=O)O. The van der Waals surface area contributed by atoms with Crippen molar-refractivity contribution in [2.24, 2.45) is 5.73 Å². The average Bonchev–Trinajstić information content (AvgIpc) is 1.99. The van der Waals surface area contributed by atoms with Crippen molar-refractivity contribution >= 4 is 10.1 Å². The largest absolute Gasteiger partial charge is 0.393 e. The zero-order chi connectivity index (χ0) is 10.5. The van der Waals surface area contributed by atoms with Crippen molar-refractivity contribution < 1.29 is 18.1 Å². The number of rotatable bonds is 6. The fraction of sp³-hybridized carbons (Fsp3) is 1.00. The average molecular weight is 211 g/mol.